The number of hydrogen-bond donors (Lipinski definition) is 1. The molecule has 1 heterocycles. The lowest BCUT2D eigenvalue weighted by molar-refractivity contribution is 0.642. The lowest BCUT2D eigenvalue weighted by Crippen LogP contribution is -2.16. The van der Waals surface area contributed by atoms with Crippen molar-refractivity contribution in [1.82, 2.24) is 14.8 Å². The van der Waals surface area contributed by atoms with E-state index in [0.717, 1.165) is 30.2 Å². The minimum Gasteiger partial charge on any atom is -0.267 e. The Kier molecular flexibility index (Phi) is 3.53. The van der Waals surface area contributed by atoms with Gasteiger partial charge < -0.3 is 0 Å². The Morgan fingerprint density at radius 1 is 1.69 bits per heavy atom. The molecule has 16 heavy (non-hydrogen) atoms. The lowest BCUT2D eigenvalue weighted by atomic mass is 10.5. The monoisotopic (exact) mass is 240 g/mol. The zero-order valence-electron chi connectivity index (χ0n) is 8.67. The van der Waals surface area contributed by atoms with Gasteiger partial charge in [0, 0.05) is 23.3 Å². The second kappa shape index (κ2) is 5.09. The second-order valence-electron chi connectivity index (χ2n) is 3.57. The molecule has 86 valence electrons. The number of H-pyrrole nitrogens is 1. The Morgan fingerprint density at radius 3 is 3.19 bits per heavy atom. The summed E-state index contributed by atoms with van der Waals surface area (Å²) < 4.78 is 1.72. The van der Waals surface area contributed by atoms with Crippen molar-refractivity contribution in [2.45, 2.75) is 30.5 Å². The molecular formula is C8H12N6OS. The van der Waals surface area contributed by atoms with E-state index in [9.17, 15) is 4.79 Å². The molecule has 0 radical (unpaired) electrons. The third kappa shape index (κ3) is 2.59. The van der Waals surface area contributed by atoms with Crippen molar-refractivity contribution >= 4 is 11.8 Å². The average Bonchev–Trinajstić information content (AvgIpc) is 3.04. The molecule has 0 aromatic carbocycles. The van der Waals surface area contributed by atoms with E-state index < -0.39 is 0 Å². The van der Waals surface area contributed by atoms with Gasteiger partial charge in [0.2, 0.25) is 0 Å². The van der Waals surface area contributed by atoms with Gasteiger partial charge in [0.15, 0.2) is 5.16 Å². The quantitative estimate of drug-likeness (QED) is 0.269. The van der Waals surface area contributed by atoms with Crippen LogP contribution >= 0.6 is 11.8 Å². The largest absolute Gasteiger partial charge is 0.344 e. The Balaban J connectivity index is 1.89. The van der Waals surface area contributed by atoms with Crippen LogP contribution in [0.2, 0.25) is 0 Å². The highest BCUT2D eigenvalue weighted by Gasteiger charge is 2.28. The molecule has 0 saturated heterocycles. The molecule has 8 heteroatoms. The maximum Gasteiger partial charge on any atom is 0.344 e. The van der Waals surface area contributed by atoms with Gasteiger partial charge >= 0.3 is 5.69 Å². The highest BCUT2D eigenvalue weighted by atomic mass is 32.2. The van der Waals surface area contributed by atoms with Gasteiger partial charge in [-0.05, 0) is 24.8 Å². The zero-order chi connectivity index (χ0) is 11.4. The number of nitrogens with zero attached hydrogens (tertiary/aromatic N) is 5. The summed E-state index contributed by atoms with van der Waals surface area (Å²) in [5.41, 5.74) is 7.97. The Bertz CT molecular complexity index is 455. The van der Waals surface area contributed by atoms with Gasteiger partial charge in [0.05, 0.1) is 0 Å². The molecule has 1 aliphatic rings. The van der Waals surface area contributed by atoms with Crippen molar-refractivity contribution in [1.29, 1.82) is 0 Å². The van der Waals surface area contributed by atoms with Crippen molar-refractivity contribution in [2.24, 2.45) is 5.11 Å². The maximum absolute atomic E-state index is 11.4. The van der Waals surface area contributed by atoms with Gasteiger partial charge in [-0.1, -0.05) is 16.9 Å². The first-order valence-corrected chi connectivity index (χ1v) is 6.12. The van der Waals surface area contributed by atoms with Crippen LogP contribution in [0.1, 0.15) is 25.3 Å². The summed E-state index contributed by atoms with van der Waals surface area (Å²) in [6.07, 6.45) is 2.91. The highest BCUT2D eigenvalue weighted by molar-refractivity contribution is 7.99. The number of hydrogen-bond acceptors (Lipinski definition) is 4. The molecule has 1 N–H and O–H groups in total. The third-order valence-corrected chi connectivity index (χ3v) is 3.32. The minimum atomic E-state index is -0.125. The molecule has 1 fully saturated rings. The Labute approximate surface area is 95.9 Å². The molecule has 0 bridgehead atoms. The highest BCUT2D eigenvalue weighted by Crippen LogP contribution is 2.35. The fraction of sp³-hybridized carbons (Fsp3) is 0.750. The van der Waals surface area contributed by atoms with Crippen LogP contribution < -0.4 is 5.69 Å². The van der Waals surface area contributed by atoms with E-state index in [0.29, 0.717) is 12.6 Å². The second-order valence-corrected chi connectivity index (χ2v) is 4.63. The molecule has 0 spiro atoms. The van der Waals surface area contributed by atoms with Crippen LogP contribution in [0.4, 0.5) is 0 Å². The maximum atomic E-state index is 11.4. The van der Waals surface area contributed by atoms with Crippen LogP contribution in [0.25, 0.3) is 10.4 Å². The minimum absolute atomic E-state index is 0.125. The van der Waals surface area contributed by atoms with Gasteiger partial charge in [0.25, 0.3) is 0 Å². The predicted octanol–water partition coefficient (Wildman–Crippen LogP) is 1.70. The summed E-state index contributed by atoms with van der Waals surface area (Å²) in [6.45, 7) is 0.488. The summed E-state index contributed by atoms with van der Waals surface area (Å²) >= 11 is 1.52. The Morgan fingerprint density at radius 2 is 2.50 bits per heavy atom. The normalized spacial score (nSPS) is 14.8. The van der Waals surface area contributed by atoms with Crippen LogP contribution in [0, 0.1) is 0 Å². The first kappa shape index (κ1) is 11.1. The van der Waals surface area contributed by atoms with Crippen LogP contribution in [0.15, 0.2) is 15.1 Å². The summed E-state index contributed by atoms with van der Waals surface area (Å²) in [5, 5.41) is 10.6. The molecule has 1 aromatic heterocycles. The van der Waals surface area contributed by atoms with Crippen molar-refractivity contribution in [3.63, 3.8) is 0 Å². The number of nitrogens with one attached hydrogen (secondary N) is 1. The van der Waals surface area contributed by atoms with Gasteiger partial charge in [-0.15, -0.1) is 5.10 Å². The number of thioether (sulfide) groups is 1. The molecule has 1 aromatic rings. The molecule has 1 aliphatic carbocycles. The fourth-order valence-electron chi connectivity index (χ4n) is 1.39. The van der Waals surface area contributed by atoms with Gasteiger partial charge in [-0.2, -0.15) is 0 Å². The van der Waals surface area contributed by atoms with Crippen LogP contribution in [-0.2, 0) is 0 Å². The summed E-state index contributed by atoms with van der Waals surface area (Å²) in [7, 11) is 0. The zero-order valence-corrected chi connectivity index (χ0v) is 9.48. The summed E-state index contributed by atoms with van der Waals surface area (Å²) in [6, 6.07) is 0.339. The number of aromatic amines is 1. The molecule has 7 nitrogen and oxygen atoms in total. The van der Waals surface area contributed by atoms with Crippen molar-refractivity contribution in [3.05, 3.63) is 20.9 Å². The van der Waals surface area contributed by atoms with E-state index in [2.05, 4.69) is 20.2 Å². The van der Waals surface area contributed by atoms with E-state index in [4.69, 9.17) is 5.53 Å². The fourth-order valence-corrected chi connectivity index (χ4v) is 2.33. The molecule has 0 amide bonds. The SMILES string of the molecule is [N-]=[N+]=NCCCSc1n[nH]c(=O)n1C1CC1. The van der Waals surface area contributed by atoms with Crippen LogP contribution in [0.3, 0.4) is 0 Å². The first-order chi connectivity index (χ1) is 7.83. The standard InChI is InChI=1S/C8H12N6OS/c9-13-10-4-1-5-16-8-12-11-7(15)14(8)6-2-3-6/h6H,1-5H2,(H,11,15). The van der Waals surface area contributed by atoms with Crippen molar-refractivity contribution in [3.8, 4) is 0 Å². The molecule has 2 rings (SSSR count). The topological polar surface area (TPSA) is 99.4 Å². The predicted molar refractivity (Wildman–Crippen MR) is 60.5 cm³/mol. The van der Waals surface area contributed by atoms with Crippen molar-refractivity contribution in [2.75, 3.05) is 12.3 Å². The van der Waals surface area contributed by atoms with E-state index in [-0.39, 0.29) is 5.69 Å². The van der Waals surface area contributed by atoms with Crippen LogP contribution in [0.5, 0.6) is 0 Å². The third-order valence-electron chi connectivity index (χ3n) is 2.28. The first-order valence-electron chi connectivity index (χ1n) is 5.13. The van der Waals surface area contributed by atoms with Gasteiger partial charge in [-0.25, -0.2) is 9.89 Å². The Hall–Kier alpha value is -1.40. The number of rotatable bonds is 6. The van der Waals surface area contributed by atoms with Gasteiger partial charge in [0.1, 0.15) is 0 Å². The summed E-state index contributed by atoms with van der Waals surface area (Å²) in [5.74, 6) is 0.802. The summed E-state index contributed by atoms with van der Waals surface area (Å²) in [4.78, 5) is 14.1. The lowest BCUT2D eigenvalue weighted by Gasteiger charge is -2.01. The smallest absolute Gasteiger partial charge is 0.267 e. The van der Waals surface area contributed by atoms with Crippen molar-refractivity contribution < 1.29 is 0 Å². The van der Waals surface area contributed by atoms with E-state index in [1.165, 1.54) is 11.8 Å². The average molecular weight is 240 g/mol. The van der Waals surface area contributed by atoms with E-state index in [1.54, 1.807) is 4.57 Å². The molecule has 0 unspecified atom stereocenters. The van der Waals surface area contributed by atoms with Gasteiger partial charge in [-0.3, -0.25) is 4.57 Å². The molecular weight excluding hydrogens is 228 g/mol. The van der Waals surface area contributed by atoms with E-state index in [1.807, 2.05) is 0 Å². The molecule has 0 aliphatic heterocycles. The number of azide groups is 1. The van der Waals surface area contributed by atoms with E-state index >= 15 is 0 Å². The molecule has 0 atom stereocenters. The molecule has 1 saturated carbocycles. The van der Waals surface area contributed by atoms with Crippen LogP contribution in [-0.4, -0.2) is 27.1 Å². The number of aromatic nitrogens is 3.